The van der Waals surface area contributed by atoms with Crippen LogP contribution in [0.5, 0.6) is 0 Å². The molecule has 0 aliphatic rings. The van der Waals surface area contributed by atoms with E-state index in [0.29, 0.717) is 23.6 Å². The summed E-state index contributed by atoms with van der Waals surface area (Å²) in [7, 11) is -3.36. The predicted molar refractivity (Wildman–Crippen MR) is 68.9 cm³/mol. The molecule has 6 nitrogen and oxygen atoms in total. The van der Waals surface area contributed by atoms with Gasteiger partial charge in [-0.05, 0) is 25.5 Å². The molecule has 0 aliphatic carbocycles. The highest BCUT2D eigenvalue weighted by atomic mass is 32.2. The lowest BCUT2D eigenvalue weighted by atomic mass is 10.3. The van der Waals surface area contributed by atoms with Crippen LogP contribution < -0.4 is 4.72 Å². The molecular weight excluding hydrogens is 272 g/mol. The average Bonchev–Trinajstić information content (AvgIpc) is 2.95. The van der Waals surface area contributed by atoms with Crippen LogP contribution in [0.25, 0.3) is 0 Å². The Morgan fingerprint density at radius 2 is 2.28 bits per heavy atom. The number of H-pyrrole nitrogens is 1. The first-order valence-electron chi connectivity index (χ1n) is 5.48. The zero-order valence-electron chi connectivity index (χ0n) is 9.88. The summed E-state index contributed by atoms with van der Waals surface area (Å²) >= 11 is 1.27. The molecule has 2 aromatic rings. The molecule has 0 amide bonds. The van der Waals surface area contributed by atoms with Crippen LogP contribution in [0.4, 0.5) is 0 Å². The molecule has 0 radical (unpaired) electrons. The van der Waals surface area contributed by atoms with Gasteiger partial charge in [-0.25, -0.2) is 18.1 Å². The number of nitrogens with one attached hydrogen (secondary N) is 2. The van der Waals surface area contributed by atoms with Gasteiger partial charge in [0, 0.05) is 17.8 Å². The van der Waals surface area contributed by atoms with Crippen molar-refractivity contribution in [2.75, 3.05) is 6.54 Å². The zero-order valence-corrected chi connectivity index (χ0v) is 11.5. The monoisotopic (exact) mass is 286 g/mol. The standard InChI is InChI=1S/C10H14N4O2S2/c1-8-4-5-10(17-8)18(15,16)13-6-2-3-9-11-7-12-14-9/h4-5,7,13H,2-3,6H2,1H3,(H,11,12,14). The Bertz CT molecular complexity index is 589. The van der Waals surface area contributed by atoms with Crippen LogP contribution in [0.15, 0.2) is 22.7 Å². The Hall–Kier alpha value is -1.25. The van der Waals surface area contributed by atoms with Crippen LogP contribution >= 0.6 is 11.3 Å². The van der Waals surface area contributed by atoms with Gasteiger partial charge in [-0.1, -0.05) is 0 Å². The SMILES string of the molecule is Cc1ccc(S(=O)(=O)NCCCc2ncn[nH]2)s1. The topological polar surface area (TPSA) is 87.7 Å². The van der Waals surface area contributed by atoms with Crippen molar-refractivity contribution in [3.05, 3.63) is 29.2 Å². The maximum atomic E-state index is 11.9. The molecule has 0 saturated carbocycles. The van der Waals surface area contributed by atoms with Crippen molar-refractivity contribution < 1.29 is 8.42 Å². The molecule has 0 atom stereocenters. The van der Waals surface area contributed by atoms with E-state index in [4.69, 9.17) is 0 Å². The van der Waals surface area contributed by atoms with Gasteiger partial charge in [0.15, 0.2) is 0 Å². The minimum atomic E-state index is -3.36. The molecule has 0 aromatic carbocycles. The summed E-state index contributed by atoms with van der Waals surface area (Å²) in [6.07, 6.45) is 2.79. The van der Waals surface area contributed by atoms with Gasteiger partial charge in [0.25, 0.3) is 0 Å². The fourth-order valence-electron chi connectivity index (χ4n) is 1.44. The molecular formula is C10H14N4O2S2. The summed E-state index contributed by atoms with van der Waals surface area (Å²) in [4.78, 5) is 4.95. The quantitative estimate of drug-likeness (QED) is 0.778. The van der Waals surface area contributed by atoms with E-state index in [2.05, 4.69) is 19.9 Å². The number of sulfonamides is 1. The summed E-state index contributed by atoms with van der Waals surface area (Å²) in [5.74, 6) is 0.765. The van der Waals surface area contributed by atoms with Crippen molar-refractivity contribution in [3.63, 3.8) is 0 Å². The molecule has 8 heteroatoms. The number of aromatic amines is 1. The van der Waals surface area contributed by atoms with E-state index in [9.17, 15) is 8.42 Å². The fraction of sp³-hybridized carbons (Fsp3) is 0.400. The van der Waals surface area contributed by atoms with Crippen LogP contribution in [0.3, 0.4) is 0 Å². The van der Waals surface area contributed by atoms with Crippen LogP contribution in [0.2, 0.25) is 0 Å². The van der Waals surface area contributed by atoms with E-state index in [1.54, 1.807) is 12.1 Å². The smallest absolute Gasteiger partial charge is 0.250 e. The molecule has 0 aliphatic heterocycles. The molecule has 0 spiro atoms. The third-order valence-corrected chi connectivity index (χ3v) is 5.28. The van der Waals surface area contributed by atoms with Crippen molar-refractivity contribution in [2.24, 2.45) is 0 Å². The lowest BCUT2D eigenvalue weighted by Gasteiger charge is -2.03. The van der Waals surface area contributed by atoms with Crippen LogP contribution in [-0.2, 0) is 16.4 Å². The predicted octanol–water partition coefficient (Wildman–Crippen LogP) is 1.09. The number of rotatable bonds is 6. The van der Waals surface area contributed by atoms with E-state index >= 15 is 0 Å². The molecule has 2 heterocycles. The molecule has 2 aromatic heterocycles. The first-order chi connectivity index (χ1) is 8.58. The number of hydrogen-bond donors (Lipinski definition) is 2. The van der Waals surface area contributed by atoms with Gasteiger partial charge in [-0.2, -0.15) is 5.10 Å². The highest BCUT2D eigenvalue weighted by molar-refractivity contribution is 7.91. The lowest BCUT2D eigenvalue weighted by molar-refractivity contribution is 0.580. The molecule has 0 saturated heterocycles. The van der Waals surface area contributed by atoms with E-state index in [-0.39, 0.29) is 0 Å². The van der Waals surface area contributed by atoms with Crippen molar-refractivity contribution in [3.8, 4) is 0 Å². The Morgan fingerprint density at radius 3 is 2.89 bits per heavy atom. The molecule has 18 heavy (non-hydrogen) atoms. The fourth-order valence-corrected chi connectivity index (χ4v) is 3.84. The van der Waals surface area contributed by atoms with Gasteiger partial charge in [0.1, 0.15) is 16.4 Å². The van der Waals surface area contributed by atoms with E-state index < -0.39 is 10.0 Å². The van der Waals surface area contributed by atoms with Gasteiger partial charge < -0.3 is 0 Å². The van der Waals surface area contributed by atoms with Crippen molar-refractivity contribution in [2.45, 2.75) is 24.0 Å². The number of aryl methyl sites for hydroxylation is 2. The second kappa shape index (κ2) is 5.59. The van der Waals surface area contributed by atoms with E-state index in [1.165, 1.54) is 17.7 Å². The Balaban J connectivity index is 1.82. The van der Waals surface area contributed by atoms with Gasteiger partial charge in [-0.3, -0.25) is 5.10 Å². The third kappa shape index (κ3) is 3.37. The van der Waals surface area contributed by atoms with Crippen molar-refractivity contribution in [1.29, 1.82) is 0 Å². The number of aromatic nitrogens is 3. The Labute approximate surface area is 110 Å². The number of thiophene rings is 1. The summed E-state index contributed by atoms with van der Waals surface area (Å²) in [5, 5.41) is 6.46. The minimum absolute atomic E-state index is 0.361. The molecule has 2 rings (SSSR count). The van der Waals surface area contributed by atoms with Gasteiger partial charge in [0.2, 0.25) is 10.0 Å². The Morgan fingerprint density at radius 1 is 1.44 bits per heavy atom. The maximum Gasteiger partial charge on any atom is 0.250 e. The maximum absolute atomic E-state index is 11.9. The molecule has 2 N–H and O–H groups in total. The zero-order chi connectivity index (χ0) is 13.0. The average molecular weight is 286 g/mol. The van der Waals surface area contributed by atoms with Crippen LogP contribution in [0, 0.1) is 6.92 Å². The molecule has 0 unspecified atom stereocenters. The summed E-state index contributed by atoms with van der Waals surface area (Å²) in [6, 6.07) is 3.42. The minimum Gasteiger partial charge on any atom is -0.263 e. The summed E-state index contributed by atoms with van der Waals surface area (Å²) in [6.45, 7) is 2.27. The molecule has 0 fully saturated rings. The van der Waals surface area contributed by atoms with E-state index in [1.807, 2.05) is 6.92 Å². The Kier molecular flexibility index (Phi) is 4.10. The second-order valence-corrected chi connectivity index (χ2v) is 7.08. The highest BCUT2D eigenvalue weighted by Crippen LogP contribution is 2.20. The molecule has 98 valence electrons. The first kappa shape index (κ1) is 13.2. The van der Waals surface area contributed by atoms with Crippen LogP contribution in [-0.4, -0.2) is 30.1 Å². The third-order valence-electron chi connectivity index (χ3n) is 2.33. The normalized spacial score (nSPS) is 11.8. The first-order valence-corrected chi connectivity index (χ1v) is 7.78. The molecule has 0 bridgehead atoms. The van der Waals surface area contributed by atoms with Crippen LogP contribution in [0.1, 0.15) is 17.1 Å². The van der Waals surface area contributed by atoms with E-state index in [0.717, 1.165) is 10.7 Å². The van der Waals surface area contributed by atoms with Gasteiger partial charge in [0.05, 0.1) is 0 Å². The van der Waals surface area contributed by atoms with Crippen molar-refractivity contribution >= 4 is 21.4 Å². The highest BCUT2D eigenvalue weighted by Gasteiger charge is 2.15. The summed E-state index contributed by atoms with van der Waals surface area (Å²) in [5.41, 5.74) is 0. The van der Waals surface area contributed by atoms with Gasteiger partial charge >= 0.3 is 0 Å². The largest absolute Gasteiger partial charge is 0.263 e. The van der Waals surface area contributed by atoms with Crippen molar-refractivity contribution in [1.82, 2.24) is 19.9 Å². The number of nitrogens with zero attached hydrogens (tertiary/aromatic N) is 2. The lowest BCUT2D eigenvalue weighted by Crippen LogP contribution is -2.24. The summed E-state index contributed by atoms with van der Waals surface area (Å²) < 4.78 is 26.7. The number of hydrogen-bond acceptors (Lipinski definition) is 5. The van der Waals surface area contributed by atoms with Gasteiger partial charge in [-0.15, -0.1) is 11.3 Å². The second-order valence-electron chi connectivity index (χ2n) is 3.80.